The lowest BCUT2D eigenvalue weighted by Gasteiger charge is -2.38. The maximum atomic E-state index is 14.1. The summed E-state index contributed by atoms with van der Waals surface area (Å²) in [4.78, 5) is 16.6. The first-order valence-electron chi connectivity index (χ1n) is 13.6. The van der Waals surface area contributed by atoms with Crippen molar-refractivity contribution in [2.45, 2.75) is 70.3 Å². The van der Waals surface area contributed by atoms with Crippen molar-refractivity contribution in [2.24, 2.45) is 11.7 Å². The fourth-order valence-electron chi connectivity index (χ4n) is 4.67. The van der Waals surface area contributed by atoms with Gasteiger partial charge in [-0.3, -0.25) is 10.2 Å². The molecule has 0 saturated carbocycles. The van der Waals surface area contributed by atoms with E-state index in [0.29, 0.717) is 17.7 Å². The monoisotopic (exact) mass is 550 g/mol. The number of benzene rings is 1. The van der Waals surface area contributed by atoms with Gasteiger partial charge in [0.25, 0.3) is 0 Å². The number of ether oxygens (including phenoxy) is 2. The number of carbonyl (C=O) groups excluding carboxylic acids is 1. The summed E-state index contributed by atoms with van der Waals surface area (Å²) in [6.45, 7) is 6.41. The second kappa shape index (κ2) is 14.2. The first-order chi connectivity index (χ1) is 18.5. The number of hydrogen-bond donors (Lipinski definition) is 5. The van der Waals surface area contributed by atoms with Crippen molar-refractivity contribution in [3.8, 4) is 0 Å². The molecule has 2 aliphatic rings. The zero-order valence-corrected chi connectivity index (χ0v) is 23.1. The van der Waals surface area contributed by atoms with Crippen LogP contribution in [0.5, 0.6) is 0 Å². The lowest BCUT2D eigenvalue weighted by molar-refractivity contribution is -0.269. The van der Waals surface area contributed by atoms with Crippen molar-refractivity contribution in [3.05, 3.63) is 46.7 Å². The topological polar surface area (TPSA) is 153 Å². The number of rotatable bonds is 10. The molecule has 1 aromatic rings. The molecule has 5 atom stereocenters. The summed E-state index contributed by atoms with van der Waals surface area (Å²) in [7, 11) is 2.06. The Balaban J connectivity index is 1.59. The van der Waals surface area contributed by atoms with Crippen LogP contribution in [0.1, 0.15) is 37.8 Å². The Morgan fingerprint density at radius 2 is 1.77 bits per heavy atom. The highest BCUT2D eigenvalue weighted by atomic mass is 19.1. The zero-order chi connectivity index (χ0) is 28.7. The number of aliphatic hydroxyl groups excluding tert-OH is 3. The average molecular weight is 551 g/mol. The fourth-order valence-corrected chi connectivity index (χ4v) is 4.67. The van der Waals surface area contributed by atoms with Gasteiger partial charge in [0, 0.05) is 50.3 Å². The molecule has 218 valence electrons. The lowest BCUT2D eigenvalue weighted by atomic mass is 9.96. The quantitative estimate of drug-likeness (QED) is 0.213. The van der Waals surface area contributed by atoms with E-state index in [4.69, 9.17) is 20.6 Å². The number of nitrogens with two attached hydrogens (primary N) is 1. The van der Waals surface area contributed by atoms with Crippen LogP contribution in [0.15, 0.2) is 35.5 Å². The number of aliphatic hydroxyl groups is 3. The van der Waals surface area contributed by atoms with Crippen molar-refractivity contribution in [1.82, 2.24) is 9.80 Å². The molecule has 0 bridgehead atoms. The molecule has 0 spiro atoms. The standard InChI is InChI=1S/C28H43FN4O6/c1-17(2)24(30)20(27(31)39-28-26(37)25(36)23(29)21(16-34)38-28)15-19-9-7-18(8-10-19)5-4-6-22(35)33-13-11-32(3)12-14-33/h7-10,17,21,23,25-26,28,31,34,36-37H,4-6,11-16,30H2,1-3H3/b24-20-,31-27?. The van der Waals surface area contributed by atoms with Crippen molar-refractivity contribution < 1.29 is 34.0 Å². The first-order valence-corrected chi connectivity index (χ1v) is 13.6. The molecule has 0 radical (unpaired) electrons. The van der Waals surface area contributed by atoms with Gasteiger partial charge < -0.3 is 40.3 Å². The van der Waals surface area contributed by atoms with Gasteiger partial charge in [0.05, 0.1) is 6.61 Å². The number of nitrogens with zero attached hydrogens (tertiary/aromatic N) is 2. The maximum absolute atomic E-state index is 14.1. The van der Waals surface area contributed by atoms with Gasteiger partial charge in [0.1, 0.15) is 18.3 Å². The number of piperazine rings is 1. The van der Waals surface area contributed by atoms with Crippen molar-refractivity contribution in [2.75, 3.05) is 39.8 Å². The molecule has 10 nitrogen and oxygen atoms in total. The average Bonchev–Trinajstić information content (AvgIpc) is 2.92. The van der Waals surface area contributed by atoms with Crippen LogP contribution in [0, 0.1) is 11.3 Å². The van der Waals surface area contributed by atoms with Gasteiger partial charge in [0.2, 0.25) is 18.1 Å². The highest BCUT2D eigenvalue weighted by molar-refractivity contribution is 5.92. The number of alkyl halides is 1. The number of allylic oxidation sites excluding steroid dienone is 1. The van der Waals surface area contributed by atoms with Crippen LogP contribution in [0.3, 0.4) is 0 Å². The van der Waals surface area contributed by atoms with Crippen LogP contribution in [0.2, 0.25) is 0 Å². The number of likely N-dealkylation sites (N-methyl/N-ethyl adjacent to an activating group) is 1. The molecule has 3 rings (SSSR count). The molecule has 1 amide bonds. The normalized spacial score (nSPS) is 26.9. The Bertz CT molecular complexity index is 994. The molecule has 0 aliphatic carbocycles. The number of amides is 1. The molecule has 2 aliphatic heterocycles. The van der Waals surface area contributed by atoms with Gasteiger partial charge in [-0.25, -0.2) is 4.39 Å². The number of hydrogen-bond acceptors (Lipinski definition) is 9. The second-order valence-electron chi connectivity index (χ2n) is 10.7. The number of halogens is 1. The summed E-state index contributed by atoms with van der Waals surface area (Å²) >= 11 is 0. The molecular formula is C28H43FN4O6. The number of aryl methyl sites for hydroxylation is 1. The SMILES string of the molecule is CC(C)/C(N)=C(\Cc1ccc(CCCC(=O)N2CCN(C)CC2)cc1)C(=N)OC1OC(CO)C(F)C(O)C1O. The van der Waals surface area contributed by atoms with Gasteiger partial charge in [0.15, 0.2) is 6.17 Å². The Kier molecular flexibility index (Phi) is 11.3. The van der Waals surface area contributed by atoms with E-state index in [9.17, 15) is 24.5 Å². The van der Waals surface area contributed by atoms with Crippen LogP contribution in [-0.2, 0) is 27.1 Å². The molecular weight excluding hydrogens is 507 g/mol. The Labute approximate surface area is 229 Å². The van der Waals surface area contributed by atoms with Crippen LogP contribution in [0.25, 0.3) is 0 Å². The summed E-state index contributed by atoms with van der Waals surface area (Å²) < 4.78 is 24.9. The third-order valence-corrected chi connectivity index (χ3v) is 7.39. The lowest BCUT2D eigenvalue weighted by Crippen LogP contribution is -2.58. The third kappa shape index (κ3) is 8.21. The van der Waals surface area contributed by atoms with E-state index in [-0.39, 0.29) is 24.1 Å². The van der Waals surface area contributed by atoms with E-state index in [1.54, 1.807) is 0 Å². The summed E-state index contributed by atoms with van der Waals surface area (Å²) in [6.07, 6.45) is -6.16. The molecule has 6 N–H and O–H groups in total. The van der Waals surface area contributed by atoms with E-state index in [2.05, 4.69) is 11.9 Å². The van der Waals surface area contributed by atoms with Gasteiger partial charge in [-0.05, 0) is 36.9 Å². The summed E-state index contributed by atoms with van der Waals surface area (Å²) in [5, 5.41) is 38.1. The Hall–Kier alpha value is -2.57. The smallest absolute Gasteiger partial charge is 0.231 e. The Morgan fingerprint density at radius 3 is 2.36 bits per heavy atom. The molecule has 39 heavy (non-hydrogen) atoms. The van der Waals surface area contributed by atoms with Crippen LogP contribution < -0.4 is 5.73 Å². The molecule has 1 aromatic carbocycles. The minimum Gasteiger partial charge on any atom is -0.445 e. The highest BCUT2D eigenvalue weighted by Gasteiger charge is 2.46. The van der Waals surface area contributed by atoms with Crippen LogP contribution in [-0.4, -0.2) is 108 Å². The molecule has 2 fully saturated rings. The minimum atomic E-state index is -1.99. The van der Waals surface area contributed by atoms with Crippen LogP contribution in [0.4, 0.5) is 4.39 Å². The largest absolute Gasteiger partial charge is 0.445 e. The highest BCUT2D eigenvalue weighted by Crippen LogP contribution is 2.26. The van der Waals surface area contributed by atoms with Gasteiger partial charge in [-0.2, -0.15) is 0 Å². The second-order valence-corrected chi connectivity index (χ2v) is 10.7. The summed E-state index contributed by atoms with van der Waals surface area (Å²) in [6, 6.07) is 7.84. The fraction of sp³-hybridized carbons (Fsp3) is 0.643. The first kappa shape index (κ1) is 31.0. The van der Waals surface area contributed by atoms with E-state index < -0.39 is 37.4 Å². The molecule has 5 unspecified atom stereocenters. The number of nitrogens with one attached hydrogen (secondary N) is 1. The van der Waals surface area contributed by atoms with E-state index in [1.165, 1.54) is 0 Å². The minimum absolute atomic E-state index is 0.107. The van der Waals surface area contributed by atoms with E-state index in [0.717, 1.165) is 50.1 Å². The van der Waals surface area contributed by atoms with Gasteiger partial charge >= 0.3 is 0 Å². The maximum Gasteiger partial charge on any atom is 0.231 e. The zero-order valence-electron chi connectivity index (χ0n) is 23.1. The summed E-state index contributed by atoms with van der Waals surface area (Å²) in [5.41, 5.74) is 9.08. The summed E-state index contributed by atoms with van der Waals surface area (Å²) in [5.74, 6) is -0.272. The third-order valence-electron chi connectivity index (χ3n) is 7.39. The van der Waals surface area contributed by atoms with Crippen molar-refractivity contribution >= 4 is 11.8 Å². The Morgan fingerprint density at radius 1 is 1.15 bits per heavy atom. The predicted molar refractivity (Wildman–Crippen MR) is 145 cm³/mol. The van der Waals surface area contributed by atoms with Crippen molar-refractivity contribution in [3.63, 3.8) is 0 Å². The van der Waals surface area contributed by atoms with E-state index >= 15 is 0 Å². The van der Waals surface area contributed by atoms with Gasteiger partial charge in [-0.1, -0.05) is 38.1 Å². The van der Waals surface area contributed by atoms with Gasteiger partial charge in [-0.15, -0.1) is 0 Å². The number of carbonyl (C=O) groups is 1. The molecule has 11 heteroatoms. The molecule has 2 heterocycles. The molecule has 0 aromatic heterocycles. The molecule has 2 saturated heterocycles. The van der Waals surface area contributed by atoms with E-state index in [1.807, 2.05) is 43.0 Å². The predicted octanol–water partition coefficient (Wildman–Crippen LogP) is 0.966. The van der Waals surface area contributed by atoms with Crippen molar-refractivity contribution in [1.29, 1.82) is 5.41 Å². The van der Waals surface area contributed by atoms with Crippen LogP contribution >= 0.6 is 0 Å².